The third kappa shape index (κ3) is 4.08. The Labute approximate surface area is 132 Å². The Kier molecular flexibility index (Phi) is 5.96. The van der Waals surface area contributed by atoms with Gasteiger partial charge in [0.25, 0.3) is 0 Å². The van der Waals surface area contributed by atoms with Crippen molar-refractivity contribution >= 4 is 6.29 Å². The van der Waals surface area contributed by atoms with Gasteiger partial charge in [0.1, 0.15) is 5.75 Å². The summed E-state index contributed by atoms with van der Waals surface area (Å²) in [5, 5.41) is 0. The normalized spacial score (nSPS) is 10.2. The van der Waals surface area contributed by atoms with E-state index in [1.54, 1.807) is 0 Å². The lowest BCUT2D eigenvalue weighted by molar-refractivity contribution is 0.111. The highest BCUT2D eigenvalue weighted by Gasteiger charge is 2.11. The van der Waals surface area contributed by atoms with Crippen molar-refractivity contribution in [1.82, 2.24) is 0 Å². The van der Waals surface area contributed by atoms with Gasteiger partial charge in [-0.1, -0.05) is 49.4 Å². The molecule has 2 rings (SSSR count). The lowest BCUT2D eigenvalue weighted by atomic mass is 10.0. The summed E-state index contributed by atoms with van der Waals surface area (Å²) in [4.78, 5) is 11.4. The zero-order valence-electron chi connectivity index (χ0n) is 13.0. The molecule has 0 aliphatic rings. The number of hydrogen-bond donors (Lipinski definition) is 0. The summed E-state index contributed by atoms with van der Waals surface area (Å²) in [6.45, 7) is 6.43. The van der Waals surface area contributed by atoms with Gasteiger partial charge in [0.15, 0.2) is 6.29 Å². The average molecular weight is 294 g/mol. The van der Waals surface area contributed by atoms with Crippen LogP contribution in [-0.2, 0) is 19.3 Å². The van der Waals surface area contributed by atoms with E-state index in [0.29, 0.717) is 24.3 Å². The second kappa shape index (κ2) is 8.18. The summed E-state index contributed by atoms with van der Waals surface area (Å²) in [7, 11) is 0. The molecule has 0 saturated heterocycles. The van der Waals surface area contributed by atoms with Crippen LogP contribution in [0.5, 0.6) is 5.75 Å². The largest absolute Gasteiger partial charge is 0.492 e. The predicted molar refractivity (Wildman–Crippen MR) is 90.7 cm³/mol. The summed E-state index contributed by atoms with van der Waals surface area (Å²) >= 11 is 0. The molecule has 0 N–H and O–H groups in total. The van der Waals surface area contributed by atoms with Crippen LogP contribution in [0, 0.1) is 0 Å². The standard InChI is InChI=1S/C20H22O2/c1-3-8-18-13-16(4-2)14-19(15-21)20(18)22-12-11-17-9-6-5-7-10-17/h3,5-7,9-10,13-15H,1,4,8,11-12H2,2H3. The predicted octanol–water partition coefficient (Wildman–Crippen LogP) is 4.41. The molecule has 2 nitrogen and oxygen atoms in total. The summed E-state index contributed by atoms with van der Waals surface area (Å²) in [6, 6.07) is 14.2. The lowest BCUT2D eigenvalue weighted by Crippen LogP contribution is -2.06. The maximum absolute atomic E-state index is 11.4. The number of ether oxygens (including phenoxy) is 1. The highest BCUT2D eigenvalue weighted by molar-refractivity contribution is 5.81. The molecule has 0 radical (unpaired) electrons. The topological polar surface area (TPSA) is 26.3 Å². The van der Waals surface area contributed by atoms with Crippen molar-refractivity contribution < 1.29 is 9.53 Å². The van der Waals surface area contributed by atoms with Gasteiger partial charge in [0, 0.05) is 6.42 Å². The van der Waals surface area contributed by atoms with Crippen LogP contribution in [-0.4, -0.2) is 12.9 Å². The molecule has 2 aromatic rings. The minimum absolute atomic E-state index is 0.556. The summed E-state index contributed by atoms with van der Waals surface area (Å²) in [6.07, 6.45) is 5.14. The molecule has 22 heavy (non-hydrogen) atoms. The SMILES string of the molecule is C=CCc1cc(CC)cc(C=O)c1OCCc1ccccc1. The quantitative estimate of drug-likeness (QED) is 0.532. The molecule has 0 aromatic heterocycles. The van der Waals surface area contributed by atoms with Gasteiger partial charge in [0.05, 0.1) is 12.2 Å². The van der Waals surface area contributed by atoms with Gasteiger partial charge in [-0.05, 0) is 35.6 Å². The van der Waals surface area contributed by atoms with Crippen molar-refractivity contribution in [3.8, 4) is 5.75 Å². The summed E-state index contributed by atoms with van der Waals surface area (Å²) in [5.74, 6) is 0.697. The second-order valence-corrected chi connectivity index (χ2v) is 5.22. The van der Waals surface area contributed by atoms with Crippen LogP contribution in [0.2, 0.25) is 0 Å². The van der Waals surface area contributed by atoms with E-state index in [1.165, 1.54) is 5.56 Å². The Hall–Kier alpha value is -2.35. The number of aryl methyl sites for hydroxylation is 1. The Morgan fingerprint density at radius 2 is 1.91 bits per heavy atom. The first kappa shape index (κ1) is 16.0. The number of aldehydes is 1. The first-order valence-corrected chi connectivity index (χ1v) is 7.67. The van der Waals surface area contributed by atoms with Crippen LogP contribution in [0.4, 0.5) is 0 Å². The number of rotatable bonds is 8. The van der Waals surface area contributed by atoms with Crippen molar-refractivity contribution in [2.24, 2.45) is 0 Å². The molecule has 2 heteroatoms. The molecule has 0 spiro atoms. The molecule has 0 fully saturated rings. The zero-order chi connectivity index (χ0) is 15.8. The maximum atomic E-state index is 11.4. The fraction of sp³-hybridized carbons (Fsp3) is 0.250. The highest BCUT2D eigenvalue weighted by Crippen LogP contribution is 2.26. The van der Waals surface area contributed by atoms with Gasteiger partial charge in [0.2, 0.25) is 0 Å². The Bertz CT molecular complexity index is 630. The molecule has 0 saturated carbocycles. The molecule has 0 bridgehead atoms. The number of carbonyl (C=O) groups is 1. The van der Waals surface area contributed by atoms with Gasteiger partial charge in [-0.25, -0.2) is 0 Å². The fourth-order valence-corrected chi connectivity index (χ4v) is 2.47. The van der Waals surface area contributed by atoms with Crippen molar-refractivity contribution in [1.29, 1.82) is 0 Å². The van der Waals surface area contributed by atoms with E-state index >= 15 is 0 Å². The molecule has 0 aliphatic heterocycles. The van der Waals surface area contributed by atoms with E-state index in [2.05, 4.69) is 31.7 Å². The minimum Gasteiger partial charge on any atom is -0.492 e. The molecule has 0 amide bonds. The molecule has 0 unspecified atom stereocenters. The fourth-order valence-electron chi connectivity index (χ4n) is 2.47. The van der Waals surface area contributed by atoms with Gasteiger partial charge in [-0.15, -0.1) is 6.58 Å². The first-order chi connectivity index (χ1) is 10.8. The minimum atomic E-state index is 0.556. The second-order valence-electron chi connectivity index (χ2n) is 5.22. The van der Waals surface area contributed by atoms with Gasteiger partial charge in [-0.3, -0.25) is 4.79 Å². The Balaban J connectivity index is 2.17. The maximum Gasteiger partial charge on any atom is 0.153 e. The van der Waals surface area contributed by atoms with E-state index in [4.69, 9.17) is 4.74 Å². The van der Waals surface area contributed by atoms with Crippen molar-refractivity contribution in [3.05, 3.63) is 77.4 Å². The molecular weight excluding hydrogens is 272 g/mol. The van der Waals surface area contributed by atoms with Crippen molar-refractivity contribution in [2.45, 2.75) is 26.2 Å². The van der Waals surface area contributed by atoms with Crippen LogP contribution in [0.1, 0.15) is 34.0 Å². The zero-order valence-corrected chi connectivity index (χ0v) is 13.0. The lowest BCUT2D eigenvalue weighted by Gasteiger charge is -2.14. The highest BCUT2D eigenvalue weighted by atomic mass is 16.5. The number of carbonyl (C=O) groups excluding carboxylic acids is 1. The number of benzene rings is 2. The van der Waals surface area contributed by atoms with Crippen molar-refractivity contribution in [3.63, 3.8) is 0 Å². The van der Waals surface area contributed by atoms with Crippen molar-refractivity contribution in [2.75, 3.05) is 6.61 Å². The molecule has 0 aliphatic carbocycles. The molecule has 114 valence electrons. The van der Waals surface area contributed by atoms with Crippen LogP contribution in [0.15, 0.2) is 55.1 Å². The first-order valence-electron chi connectivity index (χ1n) is 7.67. The van der Waals surface area contributed by atoms with Gasteiger partial charge >= 0.3 is 0 Å². The van der Waals surface area contributed by atoms with E-state index in [0.717, 1.165) is 30.3 Å². The molecule has 2 aromatic carbocycles. The van der Waals surface area contributed by atoms with Crippen LogP contribution in [0.25, 0.3) is 0 Å². The number of hydrogen-bond acceptors (Lipinski definition) is 2. The average Bonchev–Trinajstić information content (AvgIpc) is 2.57. The van der Waals surface area contributed by atoms with Gasteiger partial charge < -0.3 is 4.74 Å². The Morgan fingerprint density at radius 3 is 2.55 bits per heavy atom. The molecule has 0 heterocycles. The van der Waals surface area contributed by atoms with Crippen LogP contribution < -0.4 is 4.74 Å². The summed E-state index contributed by atoms with van der Waals surface area (Å²) < 4.78 is 5.94. The monoisotopic (exact) mass is 294 g/mol. The third-order valence-corrected chi connectivity index (χ3v) is 3.63. The third-order valence-electron chi connectivity index (χ3n) is 3.63. The number of allylic oxidation sites excluding steroid dienone is 1. The van der Waals surface area contributed by atoms with E-state index in [9.17, 15) is 4.79 Å². The smallest absolute Gasteiger partial charge is 0.153 e. The molecular formula is C20H22O2. The van der Waals surface area contributed by atoms with E-state index in [-0.39, 0.29) is 0 Å². The molecule has 0 atom stereocenters. The van der Waals surface area contributed by atoms with E-state index in [1.807, 2.05) is 30.3 Å². The van der Waals surface area contributed by atoms with E-state index < -0.39 is 0 Å². The van der Waals surface area contributed by atoms with Crippen LogP contribution >= 0.6 is 0 Å². The summed E-state index contributed by atoms with van der Waals surface area (Å²) in [5.41, 5.74) is 4.04. The van der Waals surface area contributed by atoms with Gasteiger partial charge in [-0.2, -0.15) is 0 Å². The van der Waals surface area contributed by atoms with Crippen LogP contribution in [0.3, 0.4) is 0 Å². The Morgan fingerprint density at radius 1 is 1.14 bits per heavy atom.